The third kappa shape index (κ3) is 3.06. The Bertz CT molecular complexity index is 578. The summed E-state index contributed by atoms with van der Waals surface area (Å²) in [5.41, 5.74) is 2.46. The minimum Gasteiger partial charge on any atom is -0.468 e. The maximum Gasteiger partial charge on any atom is 0.320 e. The van der Waals surface area contributed by atoms with Crippen LogP contribution in [-0.2, 0) is 20.7 Å². The summed E-state index contributed by atoms with van der Waals surface area (Å²) >= 11 is 1.57. The Morgan fingerprint density at radius 3 is 2.95 bits per heavy atom. The van der Waals surface area contributed by atoms with E-state index in [0.29, 0.717) is 19.6 Å². The Labute approximate surface area is 134 Å². The predicted octanol–water partition coefficient (Wildman–Crippen LogP) is 1.17. The van der Waals surface area contributed by atoms with Gasteiger partial charge in [-0.1, -0.05) is 18.2 Å². The molecule has 1 atom stereocenters. The number of amides is 1. The van der Waals surface area contributed by atoms with E-state index < -0.39 is 0 Å². The van der Waals surface area contributed by atoms with Gasteiger partial charge in [-0.15, -0.1) is 11.8 Å². The molecule has 6 heteroatoms. The van der Waals surface area contributed by atoms with Crippen molar-refractivity contribution in [3.63, 3.8) is 0 Å². The maximum atomic E-state index is 12.5. The first kappa shape index (κ1) is 15.2. The van der Waals surface area contributed by atoms with Gasteiger partial charge in [-0.3, -0.25) is 9.59 Å². The molecule has 2 aliphatic heterocycles. The number of carbonyl (C=O) groups excluding carboxylic acids is 2. The van der Waals surface area contributed by atoms with Gasteiger partial charge in [0.05, 0.1) is 13.7 Å². The zero-order valence-corrected chi connectivity index (χ0v) is 13.5. The molecule has 1 amide bonds. The highest BCUT2D eigenvalue weighted by Gasteiger charge is 2.31. The minimum atomic E-state index is -0.256. The van der Waals surface area contributed by atoms with Gasteiger partial charge in [0.2, 0.25) is 5.91 Å². The van der Waals surface area contributed by atoms with E-state index >= 15 is 0 Å². The summed E-state index contributed by atoms with van der Waals surface area (Å²) in [6.07, 6.45) is 0.990. The summed E-state index contributed by atoms with van der Waals surface area (Å²) < 4.78 is 4.79. The second-order valence-corrected chi connectivity index (χ2v) is 6.83. The normalized spacial score (nSPS) is 20.7. The van der Waals surface area contributed by atoms with Crippen molar-refractivity contribution < 1.29 is 14.3 Å². The van der Waals surface area contributed by atoms with Crippen LogP contribution in [0.4, 0.5) is 5.69 Å². The first-order valence-corrected chi connectivity index (χ1v) is 8.54. The molecule has 0 saturated carbocycles. The van der Waals surface area contributed by atoms with E-state index in [4.69, 9.17) is 4.74 Å². The van der Waals surface area contributed by atoms with E-state index in [1.54, 1.807) is 16.7 Å². The fourth-order valence-corrected chi connectivity index (χ4v) is 4.11. The molecule has 118 valence electrons. The van der Waals surface area contributed by atoms with E-state index in [1.165, 1.54) is 12.7 Å². The molecule has 0 aliphatic carbocycles. The fraction of sp³-hybridized carbons (Fsp3) is 0.500. The standard InChI is InChI=1S/C16H20N2O3S/c1-21-16(20)14-10-18(8-9-22-14)15(19)11-17-7-6-12-4-2-3-5-13(12)17/h2-5,14H,6-11H2,1H3/t14-/m1/s1. The number of methoxy groups -OCH3 is 1. The number of fused-ring (bicyclic) bond motifs is 1. The Balaban J connectivity index is 1.62. The van der Waals surface area contributed by atoms with Gasteiger partial charge < -0.3 is 14.5 Å². The first-order chi connectivity index (χ1) is 10.7. The zero-order valence-electron chi connectivity index (χ0n) is 12.7. The monoisotopic (exact) mass is 320 g/mol. The van der Waals surface area contributed by atoms with Crippen LogP contribution in [0.15, 0.2) is 24.3 Å². The van der Waals surface area contributed by atoms with E-state index in [-0.39, 0.29) is 17.1 Å². The van der Waals surface area contributed by atoms with Crippen LogP contribution in [0.25, 0.3) is 0 Å². The lowest BCUT2D eigenvalue weighted by Gasteiger charge is -2.32. The van der Waals surface area contributed by atoms with Gasteiger partial charge in [0, 0.05) is 31.1 Å². The summed E-state index contributed by atoms with van der Waals surface area (Å²) in [5.74, 6) is 0.627. The molecule has 3 rings (SSSR count). The molecule has 0 N–H and O–H groups in total. The minimum absolute atomic E-state index is 0.0888. The molecule has 0 aromatic heterocycles. The Morgan fingerprint density at radius 2 is 2.14 bits per heavy atom. The third-order valence-electron chi connectivity index (χ3n) is 4.19. The Morgan fingerprint density at radius 1 is 1.32 bits per heavy atom. The lowest BCUT2D eigenvalue weighted by Crippen LogP contribution is -2.48. The molecule has 22 heavy (non-hydrogen) atoms. The van der Waals surface area contributed by atoms with Crippen molar-refractivity contribution in [3.05, 3.63) is 29.8 Å². The predicted molar refractivity (Wildman–Crippen MR) is 87.2 cm³/mol. The number of benzene rings is 1. The van der Waals surface area contributed by atoms with Crippen molar-refractivity contribution in [1.82, 2.24) is 4.90 Å². The Kier molecular flexibility index (Phi) is 4.57. The Hall–Kier alpha value is -1.69. The number of para-hydroxylation sites is 1. The van der Waals surface area contributed by atoms with Gasteiger partial charge >= 0.3 is 5.97 Å². The molecule has 2 heterocycles. The van der Waals surface area contributed by atoms with E-state index in [9.17, 15) is 9.59 Å². The smallest absolute Gasteiger partial charge is 0.320 e. The zero-order chi connectivity index (χ0) is 15.5. The van der Waals surface area contributed by atoms with Crippen LogP contribution < -0.4 is 4.90 Å². The SMILES string of the molecule is COC(=O)[C@H]1CN(C(=O)CN2CCc3ccccc32)CCS1. The number of nitrogens with zero attached hydrogens (tertiary/aromatic N) is 2. The molecule has 2 aliphatic rings. The molecule has 1 aromatic carbocycles. The van der Waals surface area contributed by atoms with Crippen LogP contribution in [0, 0.1) is 0 Å². The summed E-state index contributed by atoms with van der Waals surface area (Å²) in [4.78, 5) is 28.1. The number of thioether (sulfide) groups is 1. The average Bonchev–Trinajstić information content (AvgIpc) is 2.97. The highest BCUT2D eigenvalue weighted by Crippen LogP contribution is 2.27. The molecule has 0 bridgehead atoms. The van der Waals surface area contributed by atoms with Crippen LogP contribution in [0.3, 0.4) is 0 Å². The van der Waals surface area contributed by atoms with Crippen LogP contribution >= 0.6 is 11.8 Å². The molecule has 1 aromatic rings. The highest BCUT2D eigenvalue weighted by atomic mass is 32.2. The second-order valence-electron chi connectivity index (χ2n) is 5.52. The van der Waals surface area contributed by atoms with Gasteiger partial charge in [-0.2, -0.15) is 0 Å². The van der Waals surface area contributed by atoms with Crippen LogP contribution in [0.5, 0.6) is 0 Å². The average molecular weight is 320 g/mol. The number of hydrogen-bond donors (Lipinski definition) is 0. The molecular weight excluding hydrogens is 300 g/mol. The van der Waals surface area contributed by atoms with E-state index in [2.05, 4.69) is 17.0 Å². The van der Waals surface area contributed by atoms with Gasteiger partial charge in [-0.05, 0) is 18.1 Å². The second kappa shape index (κ2) is 6.60. The van der Waals surface area contributed by atoms with Crippen molar-refractivity contribution in [3.8, 4) is 0 Å². The number of ether oxygens (including phenoxy) is 1. The molecule has 0 unspecified atom stereocenters. The number of hydrogen-bond acceptors (Lipinski definition) is 5. The topological polar surface area (TPSA) is 49.9 Å². The lowest BCUT2D eigenvalue weighted by molar-refractivity contribution is -0.141. The summed E-state index contributed by atoms with van der Waals surface area (Å²) in [7, 11) is 1.39. The van der Waals surface area contributed by atoms with E-state index in [1.807, 2.05) is 12.1 Å². The summed E-state index contributed by atoms with van der Waals surface area (Å²) in [6, 6.07) is 8.23. The molecule has 1 fully saturated rings. The largest absolute Gasteiger partial charge is 0.468 e. The number of anilines is 1. The van der Waals surface area contributed by atoms with Crippen molar-refractivity contribution in [2.75, 3.05) is 43.9 Å². The van der Waals surface area contributed by atoms with Crippen LogP contribution in [0.1, 0.15) is 5.56 Å². The van der Waals surface area contributed by atoms with Crippen molar-refractivity contribution in [2.45, 2.75) is 11.7 Å². The third-order valence-corrected chi connectivity index (χ3v) is 5.35. The van der Waals surface area contributed by atoms with Crippen molar-refractivity contribution >= 4 is 29.3 Å². The van der Waals surface area contributed by atoms with Crippen LogP contribution in [-0.4, -0.2) is 61.1 Å². The van der Waals surface area contributed by atoms with Crippen molar-refractivity contribution in [1.29, 1.82) is 0 Å². The molecular formula is C16H20N2O3S. The number of rotatable bonds is 3. The number of esters is 1. The highest BCUT2D eigenvalue weighted by molar-refractivity contribution is 8.00. The van der Waals surface area contributed by atoms with Gasteiger partial charge in [0.25, 0.3) is 0 Å². The van der Waals surface area contributed by atoms with Gasteiger partial charge in [-0.25, -0.2) is 0 Å². The molecule has 5 nitrogen and oxygen atoms in total. The maximum absolute atomic E-state index is 12.5. The van der Waals surface area contributed by atoms with Gasteiger partial charge in [0.1, 0.15) is 5.25 Å². The van der Waals surface area contributed by atoms with E-state index in [0.717, 1.165) is 24.4 Å². The summed E-state index contributed by atoms with van der Waals surface area (Å²) in [6.45, 7) is 2.42. The first-order valence-electron chi connectivity index (χ1n) is 7.49. The molecule has 0 radical (unpaired) electrons. The quantitative estimate of drug-likeness (QED) is 0.783. The lowest BCUT2D eigenvalue weighted by atomic mass is 10.2. The number of carbonyl (C=O) groups is 2. The molecule has 1 saturated heterocycles. The van der Waals surface area contributed by atoms with Crippen LogP contribution in [0.2, 0.25) is 0 Å². The fourth-order valence-electron chi connectivity index (χ4n) is 2.98. The summed E-state index contributed by atoms with van der Waals surface area (Å²) in [5, 5.41) is -0.256. The van der Waals surface area contributed by atoms with Crippen molar-refractivity contribution in [2.24, 2.45) is 0 Å². The molecule has 0 spiro atoms. The van der Waals surface area contributed by atoms with Gasteiger partial charge in [0.15, 0.2) is 0 Å².